The first-order valence-corrected chi connectivity index (χ1v) is 8.33. The summed E-state index contributed by atoms with van der Waals surface area (Å²) in [6.07, 6.45) is 5.19. The molecule has 0 aliphatic rings. The fourth-order valence-electron chi connectivity index (χ4n) is 2.83. The highest BCUT2D eigenvalue weighted by atomic mass is 19.1. The van der Waals surface area contributed by atoms with Crippen molar-refractivity contribution < 1.29 is 14.4 Å². The topological polar surface area (TPSA) is 77.2 Å². The monoisotopic (exact) mass is 353 g/mol. The average Bonchev–Trinajstić information content (AvgIpc) is 3.13. The van der Waals surface area contributed by atoms with Crippen LogP contribution in [0.1, 0.15) is 16.7 Å². The van der Waals surface area contributed by atoms with Gasteiger partial charge in [-0.15, -0.1) is 0 Å². The summed E-state index contributed by atoms with van der Waals surface area (Å²) in [5.41, 5.74) is 4.97. The molecule has 134 valence electrons. The molecule has 0 aliphatic heterocycles. The lowest BCUT2D eigenvalue weighted by atomic mass is 10.1. The van der Waals surface area contributed by atoms with Crippen molar-refractivity contribution in [3.05, 3.63) is 77.2 Å². The Balaban J connectivity index is 1.53. The van der Waals surface area contributed by atoms with Crippen molar-refractivity contribution in [2.24, 2.45) is 0 Å². The van der Waals surface area contributed by atoms with Crippen LogP contribution in [0.3, 0.4) is 0 Å². The van der Waals surface area contributed by atoms with Crippen LogP contribution in [0.5, 0.6) is 0 Å². The molecule has 0 spiro atoms. The summed E-state index contributed by atoms with van der Waals surface area (Å²) in [6.45, 7) is 1.33. The number of para-hydroxylation sites is 1. The molecule has 1 aromatic heterocycles. The van der Waals surface area contributed by atoms with E-state index in [4.69, 9.17) is 5.21 Å². The van der Waals surface area contributed by atoms with Gasteiger partial charge in [-0.1, -0.05) is 30.3 Å². The molecule has 3 rings (SSSR count). The maximum absolute atomic E-state index is 14.0. The van der Waals surface area contributed by atoms with Crippen molar-refractivity contribution in [3.8, 4) is 0 Å². The van der Waals surface area contributed by atoms with E-state index < -0.39 is 11.7 Å². The highest BCUT2D eigenvalue weighted by Crippen LogP contribution is 2.17. The van der Waals surface area contributed by atoms with Crippen molar-refractivity contribution >= 4 is 22.9 Å². The molecule has 0 saturated carbocycles. The molecule has 0 unspecified atom stereocenters. The number of benzene rings is 2. The van der Waals surface area contributed by atoms with Crippen molar-refractivity contribution in [3.63, 3.8) is 0 Å². The number of aromatic amines is 1. The molecular formula is C20H20FN3O2. The SMILES string of the molecule is O=C(/C=C/c1ccc(CNCCc2cccc3cc[nH]c23)cc1F)NO. The highest BCUT2D eigenvalue weighted by molar-refractivity contribution is 5.90. The van der Waals surface area contributed by atoms with Gasteiger partial charge in [-0.05, 0) is 47.7 Å². The van der Waals surface area contributed by atoms with E-state index in [0.717, 1.165) is 30.1 Å². The third-order valence-electron chi connectivity index (χ3n) is 4.16. The van der Waals surface area contributed by atoms with Gasteiger partial charge in [0, 0.05) is 29.9 Å². The van der Waals surface area contributed by atoms with Crippen molar-refractivity contribution in [1.29, 1.82) is 0 Å². The second-order valence-corrected chi connectivity index (χ2v) is 5.95. The molecule has 0 atom stereocenters. The number of halogens is 1. The van der Waals surface area contributed by atoms with Crippen LogP contribution in [0.4, 0.5) is 4.39 Å². The van der Waals surface area contributed by atoms with E-state index in [2.05, 4.69) is 28.5 Å². The summed E-state index contributed by atoms with van der Waals surface area (Å²) in [5.74, 6) is -1.12. The summed E-state index contributed by atoms with van der Waals surface area (Å²) in [5, 5.41) is 12.9. The molecule has 0 radical (unpaired) electrons. The van der Waals surface area contributed by atoms with Crippen LogP contribution in [0.25, 0.3) is 17.0 Å². The molecule has 5 nitrogen and oxygen atoms in total. The number of hydrogen-bond acceptors (Lipinski definition) is 3. The first-order valence-electron chi connectivity index (χ1n) is 8.33. The minimum atomic E-state index is -0.702. The maximum Gasteiger partial charge on any atom is 0.267 e. The van der Waals surface area contributed by atoms with E-state index in [1.807, 2.05) is 12.3 Å². The first-order chi connectivity index (χ1) is 12.7. The van der Waals surface area contributed by atoms with Crippen LogP contribution in [-0.2, 0) is 17.8 Å². The predicted octanol–water partition coefficient (Wildman–Crippen LogP) is 3.16. The number of carbonyl (C=O) groups is 1. The summed E-state index contributed by atoms with van der Waals surface area (Å²) in [6, 6.07) is 13.1. The van der Waals surface area contributed by atoms with Crippen LogP contribution >= 0.6 is 0 Å². The van der Waals surface area contributed by atoms with Crippen LogP contribution in [0, 0.1) is 5.82 Å². The second-order valence-electron chi connectivity index (χ2n) is 5.95. The fourth-order valence-corrected chi connectivity index (χ4v) is 2.83. The zero-order valence-corrected chi connectivity index (χ0v) is 14.1. The Morgan fingerprint density at radius 3 is 2.92 bits per heavy atom. The smallest absolute Gasteiger partial charge is 0.267 e. The summed E-state index contributed by atoms with van der Waals surface area (Å²) < 4.78 is 14.0. The maximum atomic E-state index is 14.0. The minimum Gasteiger partial charge on any atom is -0.361 e. The number of hydrogen-bond donors (Lipinski definition) is 4. The van der Waals surface area contributed by atoms with E-state index in [1.165, 1.54) is 28.6 Å². The van der Waals surface area contributed by atoms with Gasteiger partial charge in [0.1, 0.15) is 5.82 Å². The average molecular weight is 353 g/mol. The van der Waals surface area contributed by atoms with Gasteiger partial charge < -0.3 is 10.3 Å². The molecule has 1 amide bonds. The van der Waals surface area contributed by atoms with Crippen LogP contribution in [0.2, 0.25) is 0 Å². The largest absolute Gasteiger partial charge is 0.361 e. The number of carbonyl (C=O) groups excluding carboxylic acids is 1. The molecule has 26 heavy (non-hydrogen) atoms. The van der Waals surface area contributed by atoms with Gasteiger partial charge in [-0.2, -0.15) is 0 Å². The fraction of sp³-hybridized carbons (Fsp3) is 0.150. The molecule has 0 aliphatic carbocycles. The van der Waals surface area contributed by atoms with E-state index in [0.29, 0.717) is 6.54 Å². The van der Waals surface area contributed by atoms with Gasteiger partial charge in [-0.25, -0.2) is 9.87 Å². The highest BCUT2D eigenvalue weighted by Gasteiger charge is 2.04. The van der Waals surface area contributed by atoms with Gasteiger partial charge in [-0.3, -0.25) is 10.0 Å². The van der Waals surface area contributed by atoms with Gasteiger partial charge in [0.05, 0.1) is 0 Å². The second kappa shape index (κ2) is 8.42. The number of nitrogens with one attached hydrogen (secondary N) is 3. The van der Waals surface area contributed by atoms with Crippen LogP contribution in [0.15, 0.2) is 54.7 Å². The lowest BCUT2D eigenvalue weighted by Crippen LogP contribution is -2.17. The Labute approximate surface area is 150 Å². The molecule has 3 aromatic rings. The lowest BCUT2D eigenvalue weighted by Gasteiger charge is -2.07. The van der Waals surface area contributed by atoms with E-state index >= 15 is 0 Å². The number of aromatic nitrogens is 1. The third kappa shape index (κ3) is 4.36. The number of hydroxylamine groups is 1. The predicted molar refractivity (Wildman–Crippen MR) is 99.1 cm³/mol. The van der Waals surface area contributed by atoms with E-state index in [-0.39, 0.29) is 5.56 Å². The van der Waals surface area contributed by atoms with Gasteiger partial charge in [0.25, 0.3) is 5.91 Å². The minimum absolute atomic E-state index is 0.288. The lowest BCUT2D eigenvalue weighted by molar-refractivity contribution is -0.124. The van der Waals surface area contributed by atoms with Gasteiger partial charge >= 0.3 is 0 Å². The Morgan fingerprint density at radius 1 is 1.23 bits per heavy atom. The van der Waals surface area contributed by atoms with Crippen molar-refractivity contribution in [2.45, 2.75) is 13.0 Å². The summed E-state index contributed by atoms with van der Waals surface area (Å²) in [7, 11) is 0. The Bertz CT molecular complexity index is 934. The van der Waals surface area contributed by atoms with Crippen LogP contribution in [-0.4, -0.2) is 22.6 Å². The number of amides is 1. The molecule has 0 saturated heterocycles. The molecule has 0 bridgehead atoms. The number of fused-ring (bicyclic) bond motifs is 1. The van der Waals surface area contributed by atoms with Crippen LogP contribution < -0.4 is 10.8 Å². The molecule has 2 aromatic carbocycles. The van der Waals surface area contributed by atoms with Crippen molar-refractivity contribution in [1.82, 2.24) is 15.8 Å². The number of rotatable bonds is 7. The van der Waals surface area contributed by atoms with E-state index in [9.17, 15) is 9.18 Å². The summed E-state index contributed by atoms with van der Waals surface area (Å²) >= 11 is 0. The zero-order chi connectivity index (χ0) is 18.4. The Hall–Kier alpha value is -2.96. The Morgan fingerprint density at radius 2 is 2.12 bits per heavy atom. The van der Waals surface area contributed by atoms with Gasteiger partial charge in [0.15, 0.2) is 0 Å². The normalized spacial score (nSPS) is 11.3. The molecule has 4 N–H and O–H groups in total. The Kier molecular flexibility index (Phi) is 5.78. The van der Waals surface area contributed by atoms with Crippen molar-refractivity contribution in [2.75, 3.05) is 6.54 Å². The quantitative estimate of drug-likeness (QED) is 0.228. The third-order valence-corrected chi connectivity index (χ3v) is 4.16. The molecular weight excluding hydrogens is 333 g/mol. The first kappa shape index (κ1) is 17.8. The standard InChI is InChI=1S/C20H20FN3O2/c21-18-12-14(4-5-15(18)6-7-19(25)24-26)13-22-10-8-16-2-1-3-17-9-11-23-20(16)17/h1-7,9,11-12,22-23,26H,8,10,13H2,(H,24,25)/b7-6+. The molecule has 0 fully saturated rings. The van der Waals surface area contributed by atoms with E-state index in [1.54, 1.807) is 12.1 Å². The zero-order valence-electron chi connectivity index (χ0n) is 14.1. The summed E-state index contributed by atoms with van der Waals surface area (Å²) in [4.78, 5) is 14.2. The molecule has 6 heteroatoms. The van der Waals surface area contributed by atoms with Gasteiger partial charge in [0.2, 0.25) is 0 Å². The number of H-pyrrole nitrogens is 1. The molecule has 1 heterocycles.